The van der Waals surface area contributed by atoms with Crippen molar-refractivity contribution < 1.29 is 9.21 Å². The van der Waals surface area contributed by atoms with Gasteiger partial charge in [0, 0.05) is 11.3 Å². The maximum atomic E-state index is 12.5. The van der Waals surface area contributed by atoms with Crippen molar-refractivity contribution in [1.29, 1.82) is 0 Å². The third kappa shape index (κ3) is 2.98. The van der Waals surface area contributed by atoms with Crippen molar-refractivity contribution in [3.63, 3.8) is 0 Å². The molecule has 0 radical (unpaired) electrons. The summed E-state index contributed by atoms with van der Waals surface area (Å²) >= 11 is 0. The fraction of sp³-hybridized carbons (Fsp3) is 0.211. The van der Waals surface area contributed by atoms with E-state index in [2.05, 4.69) is 15.6 Å². The number of nitrogens with zero attached hydrogens (tertiary/aromatic N) is 3. The van der Waals surface area contributed by atoms with E-state index in [0.717, 1.165) is 42.0 Å². The van der Waals surface area contributed by atoms with Gasteiger partial charge in [-0.1, -0.05) is 18.2 Å². The summed E-state index contributed by atoms with van der Waals surface area (Å²) in [6.45, 7) is 1.86. The first-order valence-electron chi connectivity index (χ1n) is 8.28. The minimum absolute atomic E-state index is 0.299. The third-order valence-corrected chi connectivity index (χ3v) is 4.27. The molecule has 25 heavy (non-hydrogen) atoms. The monoisotopic (exact) mass is 334 g/mol. The maximum Gasteiger partial charge on any atom is 0.292 e. The first-order valence-corrected chi connectivity index (χ1v) is 8.28. The third-order valence-electron chi connectivity index (χ3n) is 4.27. The molecule has 1 aliphatic rings. The molecule has 126 valence electrons. The van der Waals surface area contributed by atoms with Crippen LogP contribution in [0, 0.1) is 6.92 Å². The Morgan fingerprint density at radius 2 is 2.08 bits per heavy atom. The van der Waals surface area contributed by atoms with Gasteiger partial charge in [-0.3, -0.25) is 4.79 Å². The average Bonchev–Trinajstić information content (AvgIpc) is 3.32. The molecule has 6 nitrogen and oxygen atoms in total. The van der Waals surface area contributed by atoms with Gasteiger partial charge in [-0.05, 0) is 50.5 Å². The van der Waals surface area contributed by atoms with Crippen molar-refractivity contribution in [1.82, 2.24) is 15.2 Å². The second kappa shape index (κ2) is 6.39. The van der Waals surface area contributed by atoms with Gasteiger partial charge in [0.05, 0.1) is 11.9 Å². The largest absolute Gasteiger partial charge is 0.460 e. The van der Waals surface area contributed by atoms with Crippen molar-refractivity contribution in [3.8, 4) is 5.69 Å². The molecule has 4 rings (SSSR count). The number of aromatic nitrogens is 2. The second-order valence-corrected chi connectivity index (χ2v) is 6.02. The fourth-order valence-corrected chi connectivity index (χ4v) is 3.13. The molecule has 0 saturated carbocycles. The number of para-hydroxylation sites is 1. The van der Waals surface area contributed by atoms with Crippen LogP contribution < -0.4 is 5.43 Å². The van der Waals surface area contributed by atoms with Crippen LogP contribution in [0.4, 0.5) is 0 Å². The summed E-state index contributed by atoms with van der Waals surface area (Å²) in [5, 5.41) is 8.51. The molecule has 0 saturated heterocycles. The van der Waals surface area contributed by atoms with E-state index >= 15 is 0 Å². The van der Waals surface area contributed by atoms with Crippen LogP contribution in [0.1, 0.15) is 39.7 Å². The normalized spacial score (nSPS) is 13.3. The van der Waals surface area contributed by atoms with Crippen LogP contribution in [0.25, 0.3) is 5.69 Å². The Labute approximate surface area is 145 Å². The summed E-state index contributed by atoms with van der Waals surface area (Å²) in [4.78, 5) is 12.5. The Kier molecular flexibility index (Phi) is 3.93. The number of hydrogen-bond donors (Lipinski definition) is 1. The fourth-order valence-electron chi connectivity index (χ4n) is 3.13. The Morgan fingerprint density at radius 1 is 1.24 bits per heavy atom. The van der Waals surface area contributed by atoms with Gasteiger partial charge in [-0.2, -0.15) is 10.2 Å². The molecule has 0 bridgehead atoms. The molecule has 2 aromatic heterocycles. The summed E-state index contributed by atoms with van der Waals surface area (Å²) in [6, 6.07) is 13.5. The van der Waals surface area contributed by atoms with Crippen molar-refractivity contribution in [2.75, 3.05) is 0 Å². The average molecular weight is 334 g/mol. The lowest BCUT2D eigenvalue weighted by Gasteiger charge is -2.04. The summed E-state index contributed by atoms with van der Waals surface area (Å²) < 4.78 is 7.26. The summed E-state index contributed by atoms with van der Waals surface area (Å²) in [5.41, 5.74) is 6.09. The van der Waals surface area contributed by atoms with Gasteiger partial charge in [0.15, 0.2) is 5.69 Å². The zero-order valence-corrected chi connectivity index (χ0v) is 13.9. The summed E-state index contributed by atoms with van der Waals surface area (Å²) in [5.74, 6) is 1.09. The number of benzene rings is 1. The van der Waals surface area contributed by atoms with E-state index in [0.29, 0.717) is 11.5 Å². The highest BCUT2D eigenvalue weighted by Gasteiger charge is 2.26. The van der Waals surface area contributed by atoms with E-state index in [-0.39, 0.29) is 5.91 Å². The molecule has 1 aliphatic carbocycles. The van der Waals surface area contributed by atoms with Crippen LogP contribution in [0.15, 0.2) is 52.0 Å². The van der Waals surface area contributed by atoms with Gasteiger partial charge in [0.2, 0.25) is 0 Å². The Balaban J connectivity index is 1.58. The Bertz CT molecular complexity index is 938. The molecule has 0 aliphatic heterocycles. The van der Waals surface area contributed by atoms with Crippen LogP contribution in [0.5, 0.6) is 0 Å². The van der Waals surface area contributed by atoms with E-state index < -0.39 is 0 Å². The number of rotatable bonds is 4. The lowest BCUT2D eigenvalue weighted by molar-refractivity contribution is 0.0949. The van der Waals surface area contributed by atoms with Crippen LogP contribution in [-0.2, 0) is 12.8 Å². The molecule has 2 heterocycles. The lowest BCUT2D eigenvalue weighted by Crippen LogP contribution is -2.19. The number of hydrazone groups is 1. The van der Waals surface area contributed by atoms with Crippen molar-refractivity contribution in [2.24, 2.45) is 5.10 Å². The number of carbonyl (C=O) groups is 1. The minimum atomic E-state index is -0.299. The molecule has 0 unspecified atom stereocenters. The van der Waals surface area contributed by atoms with E-state index in [1.54, 1.807) is 6.07 Å². The zero-order valence-electron chi connectivity index (χ0n) is 13.9. The number of carbonyl (C=O) groups excluding carboxylic acids is 1. The molecule has 3 aromatic rings. The van der Waals surface area contributed by atoms with Gasteiger partial charge in [-0.15, -0.1) is 0 Å². The standard InChI is InChI=1S/C19H18N4O2/c1-13-10-11-15(25-13)12-20-21-19(24)18-16-8-5-9-17(16)23(22-18)14-6-3-2-4-7-14/h2-4,6-7,10-12H,5,8-9H2,1H3,(H,21,24)/b20-12+. The number of amides is 1. The summed E-state index contributed by atoms with van der Waals surface area (Å²) in [6.07, 6.45) is 4.32. The molecule has 0 spiro atoms. The van der Waals surface area contributed by atoms with Crippen molar-refractivity contribution in [2.45, 2.75) is 26.2 Å². The van der Waals surface area contributed by atoms with E-state index in [1.165, 1.54) is 6.21 Å². The molecule has 0 atom stereocenters. The first kappa shape index (κ1) is 15.4. The number of nitrogens with one attached hydrogen (secondary N) is 1. The lowest BCUT2D eigenvalue weighted by atomic mass is 10.2. The smallest absolute Gasteiger partial charge is 0.292 e. The Morgan fingerprint density at radius 3 is 2.84 bits per heavy atom. The molecular weight excluding hydrogens is 316 g/mol. The molecule has 1 aromatic carbocycles. The number of furan rings is 1. The molecule has 1 amide bonds. The highest BCUT2D eigenvalue weighted by atomic mass is 16.3. The van der Waals surface area contributed by atoms with Crippen molar-refractivity contribution >= 4 is 12.1 Å². The predicted octanol–water partition coefficient (Wildman–Crippen LogP) is 3.03. The van der Waals surface area contributed by atoms with E-state index in [1.807, 2.05) is 48.0 Å². The van der Waals surface area contributed by atoms with Crippen molar-refractivity contribution in [3.05, 3.63) is 70.9 Å². The predicted molar refractivity (Wildman–Crippen MR) is 94.1 cm³/mol. The molecule has 6 heteroatoms. The van der Waals surface area contributed by atoms with Crippen LogP contribution in [-0.4, -0.2) is 21.9 Å². The van der Waals surface area contributed by atoms with Crippen LogP contribution in [0.2, 0.25) is 0 Å². The van der Waals surface area contributed by atoms with E-state index in [4.69, 9.17) is 4.42 Å². The SMILES string of the molecule is Cc1ccc(/C=N/NC(=O)c2nn(-c3ccccc3)c3c2CCC3)o1. The van der Waals surface area contributed by atoms with Gasteiger partial charge in [-0.25, -0.2) is 10.1 Å². The molecular formula is C19H18N4O2. The quantitative estimate of drug-likeness (QED) is 0.589. The molecule has 0 fully saturated rings. The van der Waals surface area contributed by atoms with Gasteiger partial charge < -0.3 is 4.42 Å². The van der Waals surface area contributed by atoms with E-state index in [9.17, 15) is 4.79 Å². The number of fused-ring (bicyclic) bond motifs is 1. The highest BCUT2D eigenvalue weighted by Crippen LogP contribution is 2.27. The number of hydrogen-bond acceptors (Lipinski definition) is 4. The summed E-state index contributed by atoms with van der Waals surface area (Å²) in [7, 11) is 0. The zero-order chi connectivity index (χ0) is 17.2. The van der Waals surface area contributed by atoms with Crippen LogP contribution >= 0.6 is 0 Å². The maximum absolute atomic E-state index is 12.5. The second-order valence-electron chi connectivity index (χ2n) is 6.02. The van der Waals surface area contributed by atoms with Gasteiger partial charge in [0.25, 0.3) is 5.91 Å². The number of aryl methyl sites for hydroxylation is 1. The van der Waals surface area contributed by atoms with Gasteiger partial charge >= 0.3 is 0 Å². The topological polar surface area (TPSA) is 72.4 Å². The highest BCUT2D eigenvalue weighted by molar-refractivity contribution is 5.94. The minimum Gasteiger partial charge on any atom is -0.460 e. The van der Waals surface area contributed by atoms with Crippen LogP contribution in [0.3, 0.4) is 0 Å². The first-order chi connectivity index (χ1) is 12.2. The molecule has 1 N–H and O–H groups in total. The van der Waals surface area contributed by atoms with Gasteiger partial charge in [0.1, 0.15) is 11.5 Å². The Hall–Kier alpha value is -3.15.